The smallest absolute Gasteiger partial charge is 0.303 e. The number of ether oxygens (including phenoxy) is 2. The normalized spacial score (nSPS) is 21.6. The molecule has 17 heteroatoms. The van der Waals surface area contributed by atoms with Crippen LogP contribution in [0.3, 0.4) is 0 Å². The first-order chi connectivity index (χ1) is 25.9. The first-order valence-electron chi connectivity index (χ1n) is 20.0. The molecule has 54 heavy (non-hydrogen) atoms. The van der Waals surface area contributed by atoms with Gasteiger partial charge < -0.3 is 45.9 Å². The predicted molar refractivity (Wildman–Crippen MR) is 199 cm³/mol. The van der Waals surface area contributed by atoms with Crippen LogP contribution in [0, 0.1) is 0 Å². The lowest BCUT2D eigenvalue weighted by molar-refractivity contribution is -0.266. The molecular formula is C37H67N7O10. The number of carboxylic acids is 1. The van der Waals surface area contributed by atoms with Crippen LogP contribution in [0.5, 0.6) is 0 Å². The van der Waals surface area contributed by atoms with Crippen LogP contribution in [0.2, 0.25) is 0 Å². The summed E-state index contributed by atoms with van der Waals surface area (Å²) in [6.45, 7) is 6.09. The zero-order valence-corrected chi connectivity index (χ0v) is 32.8. The molecule has 1 aromatic rings. The van der Waals surface area contributed by atoms with E-state index >= 15 is 0 Å². The number of amides is 3. The molecule has 8 atom stereocenters. The molecule has 2 rings (SSSR count). The van der Waals surface area contributed by atoms with Gasteiger partial charge >= 0.3 is 5.97 Å². The number of nitrogens with one attached hydrogen (secondary N) is 3. The maximum absolute atomic E-state index is 13.2. The van der Waals surface area contributed by atoms with E-state index in [4.69, 9.17) is 9.47 Å². The first kappa shape index (κ1) is 46.9. The van der Waals surface area contributed by atoms with E-state index in [9.17, 15) is 39.6 Å². The van der Waals surface area contributed by atoms with Gasteiger partial charge in [0.25, 0.3) is 0 Å². The minimum Gasteiger partial charge on any atom is -0.481 e. The number of nitrogens with zero attached hydrogens (tertiary/aromatic N) is 4. The molecular weight excluding hydrogens is 702 g/mol. The van der Waals surface area contributed by atoms with Gasteiger partial charge in [-0.15, -0.1) is 10.2 Å². The Labute approximate surface area is 319 Å². The van der Waals surface area contributed by atoms with E-state index in [1.165, 1.54) is 109 Å². The van der Waals surface area contributed by atoms with Crippen LogP contribution in [0.25, 0.3) is 0 Å². The fourth-order valence-electron chi connectivity index (χ4n) is 6.45. The van der Waals surface area contributed by atoms with Gasteiger partial charge in [0.2, 0.25) is 17.7 Å². The zero-order valence-electron chi connectivity index (χ0n) is 32.8. The molecule has 310 valence electrons. The number of unbranched alkanes of at least 4 members (excludes halogenated alkanes) is 15. The Kier molecular flexibility index (Phi) is 23.0. The highest BCUT2D eigenvalue weighted by molar-refractivity contribution is 5.89. The van der Waals surface area contributed by atoms with Gasteiger partial charge in [-0.05, 0) is 31.9 Å². The predicted octanol–water partition coefficient (Wildman–Crippen LogP) is 2.81. The summed E-state index contributed by atoms with van der Waals surface area (Å²) in [5.41, 5.74) is 0. The number of carbonyl (C=O) groups excluding carboxylic acids is 3. The second-order valence-electron chi connectivity index (χ2n) is 14.5. The third-order valence-corrected chi connectivity index (χ3v) is 9.68. The number of tetrazole rings is 1. The highest BCUT2D eigenvalue weighted by atomic mass is 16.6. The number of carbonyl (C=O) groups is 4. The molecule has 0 spiro atoms. The van der Waals surface area contributed by atoms with Crippen LogP contribution >= 0.6 is 0 Å². The Morgan fingerprint density at radius 2 is 1.41 bits per heavy atom. The Morgan fingerprint density at radius 3 is 1.93 bits per heavy atom. The molecule has 3 amide bonds. The van der Waals surface area contributed by atoms with Crippen molar-refractivity contribution in [2.75, 3.05) is 6.61 Å². The highest BCUT2D eigenvalue weighted by Gasteiger charge is 2.47. The van der Waals surface area contributed by atoms with E-state index in [0.717, 1.165) is 19.3 Å². The quantitative estimate of drug-likeness (QED) is 0.0580. The Bertz CT molecular complexity index is 1240. The third kappa shape index (κ3) is 17.9. The van der Waals surface area contributed by atoms with Gasteiger partial charge in [-0.1, -0.05) is 103 Å². The second-order valence-corrected chi connectivity index (χ2v) is 14.5. The van der Waals surface area contributed by atoms with Gasteiger partial charge in [0.1, 0.15) is 36.5 Å². The molecule has 0 aromatic carbocycles. The van der Waals surface area contributed by atoms with E-state index in [-0.39, 0.29) is 18.7 Å². The molecule has 1 saturated heterocycles. The van der Waals surface area contributed by atoms with Crippen molar-refractivity contribution in [2.24, 2.45) is 0 Å². The van der Waals surface area contributed by atoms with E-state index in [1.807, 2.05) is 0 Å². The number of aliphatic carboxylic acids is 1. The molecule has 17 nitrogen and oxygen atoms in total. The topological polar surface area (TPSA) is 247 Å². The van der Waals surface area contributed by atoms with Crippen molar-refractivity contribution in [1.29, 1.82) is 0 Å². The number of rotatable bonds is 29. The molecule has 0 radical (unpaired) electrons. The summed E-state index contributed by atoms with van der Waals surface area (Å²) in [6, 6.07) is -3.25. The van der Waals surface area contributed by atoms with Crippen molar-refractivity contribution < 1.29 is 49.1 Å². The summed E-state index contributed by atoms with van der Waals surface area (Å²) in [5.74, 6) is -2.86. The number of aliphatic hydroxyl groups is 3. The van der Waals surface area contributed by atoms with E-state index in [0.29, 0.717) is 6.54 Å². The van der Waals surface area contributed by atoms with Crippen LogP contribution in [-0.4, -0.2) is 114 Å². The maximum atomic E-state index is 13.2. The third-order valence-electron chi connectivity index (χ3n) is 9.68. The number of carboxylic acid groups (broad SMARTS) is 1. The molecule has 7 N–H and O–H groups in total. The molecule has 1 aromatic heterocycles. The summed E-state index contributed by atoms with van der Waals surface area (Å²) < 4.78 is 10.9. The standard InChI is InChI=1S/C37H67N7O10/c1-5-6-7-8-9-10-11-12-13-14-15-16-17-18-19-20-23-44-42-34(41-43-44)28(21-22-30(47)48)40-35(50)25(2)38-36(51)26(3)53-33-31(39-27(4)46)37(52)54-29(24-45)32(33)49/h25-26,28-29,31-33,37,45,49,52H,5-24H2,1-4H3,(H,38,51)(H,39,46)(H,40,50)(H,47,48)/t25-,26+,28+,29+,31+,32+,33+,37-/m0/s1. The zero-order chi connectivity index (χ0) is 39.9. The van der Waals surface area contributed by atoms with Gasteiger partial charge in [-0.2, -0.15) is 4.80 Å². The summed E-state index contributed by atoms with van der Waals surface area (Å²) in [4.78, 5) is 50.7. The van der Waals surface area contributed by atoms with Gasteiger partial charge in [-0.3, -0.25) is 19.2 Å². The number of aryl methyl sites for hydroxylation is 1. The van der Waals surface area contributed by atoms with Gasteiger partial charge in [0.05, 0.1) is 19.2 Å². The number of aliphatic hydroxyl groups excluding tert-OH is 3. The monoisotopic (exact) mass is 769 g/mol. The van der Waals surface area contributed by atoms with Crippen LogP contribution in [0.15, 0.2) is 0 Å². The second kappa shape index (κ2) is 26.5. The van der Waals surface area contributed by atoms with Crippen LogP contribution in [0.4, 0.5) is 0 Å². The molecule has 1 aliphatic heterocycles. The summed E-state index contributed by atoms with van der Waals surface area (Å²) in [6.07, 6.45) is 13.0. The Balaban J connectivity index is 1.78. The molecule has 0 bridgehead atoms. The van der Waals surface area contributed by atoms with Crippen LogP contribution in [-0.2, 0) is 35.2 Å². The number of aromatic nitrogens is 4. The summed E-state index contributed by atoms with van der Waals surface area (Å²) in [5, 5.41) is 60.0. The van der Waals surface area contributed by atoms with Crippen molar-refractivity contribution in [1.82, 2.24) is 36.2 Å². The lowest BCUT2D eigenvalue weighted by Crippen LogP contribution is -2.65. The SMILES string of the molecule is CCCCCCCCCCCCCCCCCCn1nnc([C@@H](CCC(=O)O)NC(=O)[C@H](C)NC(=O)[C@@H](C)O[C@H]2[C@H](O)[C@@H](CO)O[C@H](O)[C@@H]2NC(C)=O)n1. The van der Waals surface area contributed by atoms with Crippen LogP contribution < -0.4 is 16.0 Å². The average Bonchev–Trinajstić information content (AvgIpc) is 3.60. The van der Waals surface area contributed by atoms with Crippen LogP contribution in [0.1, 0.15) is 155 Å². The largest absolute Gasteiger partial charge is 0.481 e. The molecule has 0 unspecified atom stereocenters. The summed E-state index contributed by atoms with van der Waals surface area (Å²) in [7, 11) is 0. The van der Waals surface area contributed by atoms with Gasteiger partial charge in [-0.25, -0.2) is 0 Å². The fourth-order valence-corrected chi connectivity index (χ4v) is 6.45. The molecule has 0 aliphatic carbocycles. The number of hydrogen-bond donors (Lipinski definition) is 7. The first-order valence-corrected chi connectivity index (χ1v) is 20.0. The molecule has 2 heterocycles. The maximum Gasteiger partial charge on any atom is 0.303 e. The van der Waals surface area contributed by atoms with Gasteiger partial charge in [0, 0.05) is 13.3 Å². The Morgan fingerprint density at radius 1 is 0.852 bits per heavy atom. The Hall–Kier alpha value is -3.25. The van der Waals surface area contributed by atoms with Crippen molar-refractivity contribution in [3.05, 3.63) is 5.82 Å². The van der Waals surface area contributed by atoms with E-state index < -0.39 is 79.1 Å². The fraction of sp³-hybridized carbons (Fsp3) is 0.865. The van der Waals surface area contributed by atoms with E-state index in [1.54, 1.807) is 0 Å². The van der Waals surface area contributed by atoms with Crippen molar-refractivity contribution in [3.8, 4) is 0 Å². The minimum absolute atomic E-state index is 0.00742. The molecule has 0 saturated carbocycles. The minimum atomic E-state index is -1.64. The van der Waals surface area contributed by atoms with Crippen molar-refractivity contribution in [3.63, 3.8) is 0 Å². The van der Waals surface area contributed by atoms with Gasteiger partial charge in [0.15, 0.2) is 12.1 Å². The molecule has 1 aliphatic rings. The molecule has 1 fully saturated rings. The van der Waals surface area contributed by atoms with Crippen molar-refractivity contribution >= 4 is 23.7 Å². The van der Waals surface area contributed by atoms with E-state index in [2.05, 4.69) is 38.3 Å². The summed E-state index contributed by atoms with van der Waals surface area (Å²) >= 11 is 0. The lowest BCUT2D eigenvalue weighted by atomic mass is 9.96. The highest BCUT2D eigenvalue weighted by Crippen LogP contribution is 2.24. The lowest BCUT2D eigenvalue weighted by Gasteiger charge is -2.43. The average molecular weight is 770 g/mol. The number of hydrogen-bond acceptors (Lipinski definition) is 12. The van der Waals surface area contributed by atoms with Crippen molar-refractivity contribution in [2.45, 2.75) is 199 Å².